The van der Waals surface area contributed by atoms with Gasteiger partial charge in [-0.25, -0.2) is 0 Å². The molecule has 2 aromatic carbocycles. The molecular formula is C25H31N3O4. The number of benzene rings is 2. The predicted octanol–water partition coefficient (Wildman–Crippen LogP) is 4.29. The summed E-state index contributed by atoms with van der Waals surface area (Å²) in [6.45, 7) is 5.72. The van der Waals surface area contributed by atoms with Gasteiger partial charge in [-0.2, -0.15) is 5.26 Å². The van der Waals surface area contributed by atoms with Crippen LogP contribution < -0.4 is 5.32 Å². The zero-order valence-corrected chi connectivity index (χ0v) is 18.7. The number of nitrogens with one attached hydrogen (secondary N) is 1. The molecule has 2 aromatic rings. The average molecular weight is 438 g/mol. The summed E-state index contributed by atoms with van der Waals surface area (Å²) < 4.78 is 10.8. The molecule has 32 heavy (non-hydrogen) atoms. The van der Waals surface area contributed by atoms with Crippen LogP contribution in [0.4, 0.5) is 11.4 Å². The number of methoxy groups -OCH3 is 1. The Balaban J connectivity index is 1.99. The Hall–Kier alpha value is -2.92. The van der Waals surface area contributed by atoms with Gasteiger partial charge in [0.15, 0.2) is 0 Å². The van der Waals surface area contributed by atoms with Crippen LogP contribution in [0.2, 0.25) is 0 Å². The summed E-state index contributed by atoms with van der Waals surface area (Å²) in [5, 5.41) is 22.0. The minimum Gasteiger partial charge on any atom is -0.481 e. The van der Waals surface area contributed by atoms with Crippen LogP contribution in [0.25, 0.3) is 0 Å². The summed E-state index contributed by atoms with van der Waals surface area (Å²) in [4.78, 5) is 13.8. The Morgan fingerprint density at radius 2 is 1.97 bits per heavy atom. The SMILES string of the molecule is CC[C@@H](c1ccc([C@@H](COC)CC(=O)O)cc1Nc1ccc(C#N)cc1)N1CCOCC1. The van der Waals surface area contributed by atoms with Gasteiger partial charge in [0.1, 0.15) is 0 Å². The van der Waals surface area contributed by atoms with Crippen molar-refractivity contribution in [1.29, 1.82) is 5.26 Å². The van der Waals surface area contributed by atoms with E-state index in [-0.39, 0.29) is 18.4 Å². The van der Waals surface area contributed by atoms with Crippen LogP contribution in [0.1, 0.15) is 48.4 Å². The van der Waals surface area contributed by atoms with Crippen LogP contribution in [-0.4, -0.2) is 56.0 Å². The second-order valence-corrected chi connectivity index (χ2v) is 7.98. The molecule has 0 amide bonds. The lowest BCUT2D eigenvalue weighted by atomic mass is 9.91. The maximum Gasteiger partial charge on any atom is 0.304 e. The maximum absolute atomic E-state index is 11.4. The molecule has 1 saturated heterocycles. The standard InChI is InChI=1S/C25H31N3O4/c1-3-24(28-10-12-32-13-11-28)22-9-6-19(20(17-31-2)15-25(29)30)14-23(22)27-21-7-4-18(16-26)5-8-21/h4-9,14,20,24,27H,3,10-13,15,17H2,1-2H3,(H,29,30)/t20-,24+/m1/s1. The van der Waals surface area contributed by atoms with Gasteiger partial charge in [0, 0.05) is 43.5 Å². The van der Waals surface area contributed by atoms with E-state index in [4.69, 9.17) is 14.7 Å². The number of aliphatic carboxylic acids is 1. The fraction of sp³-hybridized carbons (Fsp3) is 0.440. The molecule has 2 atom stereocenters. The highest BCUT2D eigenvalue weighted by molar-refractivity contribution is 5.69. The van der Waals surface area contributed by atoms with Crippen molar-refractivity contribution < 1.29 is 19.4 Å². The first-order valence-corrected chi connectivity index (χ1v) is 11.0. The number of hydrogen-bond donors (Lipinski definition) is 2. The Kier molecular flexibility index (Phi) is 8.63. The van der Waals surface area contributed by atoms with E-state index in [1.54, 1.807) is 19.2 Å². The number of nitrogens with zero attached hydrogens (tertiary/aromatic N) is 2. The predicted molar refractivity (Wildman–Crippen MR) is 123 cm³/mol. The fourth-order valence-electron chi connectivity index (χ4n) is 4.26. The Labute approximate surface area is 189 Å². The van der Waals surface area contributed by atoms with E-state index < -0.39 is 5.97 Å². The minimum absolute atomic E-state index is 0.00413. The summed E-state index contributed by atoms with van der Waals surface area (Å²) in [6, 6.07) is 15.9. The average Bonchev–Trinajstić information content (AvgIpc) is 2.81. The molecule has 7 heteroatoms. The van der Waals surface area contributed by atoms with Gasteiger partial charge in [0.25, 0.3) is 0 Å². The van der Waals surface area contributed by atoms with Gasteiger partial charge < -0.3 is 19.9 Å². The monoisotopic (exact) mass is 437 g/mol. The number of nitriles is 1. The highest BCUT2D eigenvalue weighted by Crippen LogP contribution is 2.35. The number of rotatable bonds is 10. The third kappa shape index (κ3) is 6.07. The van der Waals surface area contributed by atoms with Gasteiger partial charge in [-0.1, -0.05) is 19.1 Å². The summed E-state index contributed by atoms with van der Waals surface area (Å²) in [5.41, 5.74) is 4.50. The zero-order valence-electron chi connectivity index (χ0n) is 18.7. The summed E-state index contributed by atoms with van der Waals surface area (Å²) >= 11 is 0. The Morgan fingerprint density at radius 3 is 2.56 bits per heavy atom. The number of ether oxygens (including phenoxy) is 2. The number of carboxylic acids is 1. The minimum atomic E-state index is -0.850. The van der Waals surface area contributed by atoms with Crippen LogP contribution in [0.15, 0.2) is 42.5 Å². The molecule has 0 unspecified atom stereocenters. The summed E-state index contributed by atoms with van der Waals surface area (Å²) in [5.74, 6) is -1.09. The highest BCUT2D eigenvalue weighted by atomic mass is 16.5. The molecule has 7 nitrogen and oxygen atoms in total. The molecule has 0 aliphatic carbocycles. The highest BCUT2D eigenvalue weighted by Gasteiger charge is 2.25. The molecule has 0 spiro atoms. The molecule has 3 rings (SSSR count). The zero-order chi connectivity index (χ0) is 22.9. The van der Waals surface area contributed by atoms with E-state index in [1.165, 1.54) is 0 Å². The van der Waals surface area contributed by atoms with E-state index in [9.17, 15) is 9.90 Å². The van der Waals surface area contributed by atoms with Crippen LogP contribution in [-0.2, 0) is 14.3 Å². The quantitative estimate of drug-likeness (QED) is 0.572. The van der Waals surface area contributed by atoms with Gasteiger partial charge >= 0.3 is 5.97 Å². The molecule has 1 aliphatic rings. The van der Waals surface area contributed by atoms with Crippen molar-refractivity contribution in [3.8, 4) is 6.07 Å². The van der Waals surface area contributed by atoms with Crippen LogP contribution in [0.3, 0.4) is 0 Å². The number of morpholine rings is 1. The third-order valence-corrected chi connectivity index (χ3v) is 5.86. The van der Waals surface area contributed by atoms with Gasteiger partial charge in [-0.05, 0) is 47.9 Å². The molecule has 0 saturated carbocycles. The van der Waals surface area contributed by atoms with Crippen molar-refractivity contribution in [2.45, 2.75) is 31.7 Å². The van der Waals surface area contributed by atoms with Crippen molar-refractivity contribution in [3.05, 3.63) is 59.2 Å². The van der Waals surface area contributed by atoms with Crippen LogP contribution in [0, 0.1) is 11.3 Å². The largest absolute Gasteiger partial charge is 0.481 e. The molecule has 2 N–H and O–H groups in total. The van der Waals surface area contributed by atoms with Crippen molar-refractivity contribution in [2.24, 2.45) is 0 Å². The van der Waals surface area contributed by atoms with Gasteiger partial charge in [-0.15, -0.1) is 0 Å². The summed E-state index contributed by atoms with van der Waals surface area (Å²) in [6.07, 6.45) is 0.947. The number of carbonyl (C=O) groups is 1. The second-order valence-electron chi connectivity index (χ2n) is 7.98. The van der Waals surface area contributed by atoms with Gasteiger partial charge in [0.05, 0.1) is 37.9 Å². The van der Waals surface area contributed by atoms with E-state index >= 15 is 0 Å². The van der Waals surface area contributed by atoms with E-state index in [2.05, 4.69) is 29.3 Å². The van der Waals surface area contributed by atoms with E-state index in [1.807, 2.05) is 24.3 Å². The lowest BCUT2D eigenvalue weighted by Crippen LogP contribution is -2.39. The van der Waals surface area contributed by atoms with Crippen molar-refractivity contribution in [2.75, 3.05) is 45.3 Å². The summed E-state index contributed by atoms with van der Waals surface area (Å²) in [7, 11) is 1.59. The molecule has 0 aromatic heterocycles. The molecule has 1 heterocycles. The van der Waals surface area contributed by atoms with Crippen molar-refractivity contribution in [3.63, 3.8) is 0 Å². The Bertz CT molecular complexity index is 933. The van der Waals surface area contributed by atoms with Crippen molar-refractivity contribution >= 4 is 17.3 Å². The smallest absolute Gasteiger partial charge is 0.304 e. The maximum atomic E-state index is 11.4. The molecule has 0 bridgehead atoms. The first-order chi connectivity index (χ1) is 15.5. The number of hydrogen-bond acceptors (Lipinski definition) is 6. The first-order valence-electron chi connectivity index (χ1n) is 11.0. The van der Waals surface area contributed by atoms with Crippen molar-refractivity contribution in [1.82, 2.24) is 4.90 Å². The Morgan fingerprint density at radius 1 is 1.25 bits per heavy atom. The number of anilines is 2. The normalized spacial score (nSPS) is 16.2. The second kappa shape index (κ2) is 11.6. The first kappa shape index (κ1) is 23.7. The van der Waals surface area contributed by atoms with Gasteiger partial charge in [-0.3, -0.25) is 9.69 Å². The molecule has 1 fully saturated rings. The van der Waals surface area contributed by atoms with Crippen LogP contribution in [0.5, 0.6) is 0 Å². The third-order valence-electron chi connectivity index (χ3n) is 5.86. The molecule has 1 aliphatic heterocycles. The van der Waals surface area contributed by atoms with Crippen LogP contribution >= 0.6 is 0 Å². The lowest BCUT2D eigenvalue weighted by molar-refractivity contribution is -0.137. The number of carboxylic acid groups (broad SMARTS) is 1. The van der Waals surface area contributed by atoms with Gasteiger partial charge in [0.2, 0.25) is 0 Å². The van der Waals surface area contributed by atoms with E-state index in [0.717, 1.165) is 55.2 Å². The lowest BCUT2D eigenvalue weighted by Gasteiger charge is -2.35. The molecule has 170 valence electrons. The fourth-order valence-corrected chi connectivity index (χ4v) is 4.26. The molecule has 0 radical (unpaired) electrons. The topological polar surface area (TPSA) is 94.8 Å². The molecular weight excluding hydrogens is 406 g/mol. The van der Waals surface area contributed by atoms with E-state index in [0.29, 0.717) is 12.2 Å².